The first-order valence-electron chi connectivity index (χ1n) is 6.26. The lowest BCUT2D eigenvalue weighted by Gasteiger charge is -2.14. The molecule has 0 aliphatic rings. The van der Waals surface area contributed by atoms with E-state index in [0.717, 1.165) is 14.8 Å². The molecule has 0 heterocycles. The minimum atomic E-state index is -3.30. The van der Waals surface area contributed by atoms with Gasteiger partial charge in [-0.05, 0) is 65.4 Å². The summed E-state index contributed by atoms with van der Waals surface area (Å²) in [6, 6.07) is 11.0. The number of hydrogen-bond acceptors (Lipinski definition) is 3. The number of anilines is 1. The molecular weight excluding hydrogens is 421 g/mol. The largest absolute Gasteiger partial charge is 0.381 e. The molecule has 21 heavy (non-hydrogen) atoms. The fourth-order valence-corrected chi connectivity index (χ4v) is 3.97. The Morgan fingerprint density at radius 2 is 1.95 bits per heavy atom. The van der Waals surface area contributed by atoms with Crippen LogP contribution in [0.3, 0.4) is 0 Å². The number of sulfone groups is 1. The van der Waals surface area contributed by atoms with Crippen molar-refractivity contribution in [1.82, 2.24) is 0 Å². The molecule has 3 nitrogen and oxygen atoms in total. The molecule has 0 aromatic heterocycles. The molecule has 0 saturated carbocycles. The monoisotopic (exact) mass is 435 g/mol. The van der Waals surface area contributed by atoms with Gasteiger partial charge < -0.3 is 5.32 Å². The first-order valence-corrected chi connectivity index (χ1v) is 9.61. The van der Waals surface area contributed by atoms with Gasteiger partial charge in [0.05, 0.1) is 4.90 Å². The van der Waals surface area contributed by atoms with Gasteiger partial charge in [-0.3, -0.25) is 0 Å². The number of nitrogens with one attached hydrogen (secondary N) is 1. The average molecular weight is 436 g/mol. The summed E-state index contributed by atoms with van der Waals surface area (Å²) in [6.45, 7) is 2.37. The molecule has 0 amide bonds. The summed E-state index contributed by atoms with van der Waals surface area (Å²) in [6.07, 6.45) is 1.19. The second-order valence-corrected chi connectivity index (χ2v) is 8.44. The van der Waals surface area contributed by atoms with Crippen LogP contribution in [0.15, 0.2) is 41.3 Å². The van der Waals surface area contributed by atoms with E-state index < -0.39 is 9.84 Å². The number of rotatable bonds is 4. The molecule has 0 unspecified atom stereocenters. The molecule has 0 atom stereocenters. The Morgan fingerprint density at radius 3 is 2.57 bits per heavy atom. The topological polar surface area (TPSA) is 46.2 Å². The summed E-state index contributed by atoms with van der Waals surface area (Å²) in [7, 11) is -3.30. The van der Waals surface area contributed by atoms with Crippen LogP contribution in [0.1, 0.15) is 11.1 Å². The Morgan fingerprint density at radius 1 is 1.24 bits per heavy atom. The molecule has 2 aromatic rings. The van der Waals surface area contributed by atoms with E-state index in [9.17, 15) is 8.42 Å². The van der Waals surface area contributed by atoms with Crippen LogP contribution in [-0.4, -0.2) is 14.7 Å². The maximum Gasteiger partial charge on any atom is 0.175 e. The fourth-order valence-electron chi connectivity index (χ4n) is 2.07. The van der Waals surface area contributed by atoms with E-state index >= 15 is 0 Å². The summed E-state index contributed by atoms with van der Waals surface area (Å²) in [5, 5.41) is 3.71. The first-order chi connectivity index (χ1) is 9.79. The molecule has 2 aromatic carbocycles. The van der Waals surface area contributed by atoms with Crippen molar-refractivity contribution in [2.75, 3.05) is 11.6 Å². The highest BCUT2D eigenvalue weighted by Crippen LogP contribution is 2.26. The summed E-state index contributed by atoms with van der Waals surface area (Å²) >= 11 is 8.42. The molecular formula is C15H15ClINO2S. The van der Waals surface area contributed by atoms with Gasteiger partial charge >= 0.3 is 0 Å². The van der Waals surface area contributed by atoms with Gasteiger partial charge in [0.25, 0.3) is 0 Å². The van der Waals surface area contributed by atoms with Crippen LogP contribution in [0.5, 0.6) is 0 Å². The van der Waals surface area contributed by atoms with Crippen LogP contribution in [0.25, 0.3) is 0 Å². The minimum absolute atomic E-state index is 0.269. The third-order valence-corrected chi connectivity index (χ3v) is 5.33. The smallest absolute Gasteiger partial charge is 0.175 e. The molecule has 0 saturated heterocycles. The van der Waals surface area contributed by atoms with Crippen LogP contribution in [0.4, 0.5) is 5.69 Å². The molecule has 0 spiro atoms. The highest BCUT2D eigenvalue weighted by atomic mass is 127. The Hall–Kier alpha value is -0.790. The van der Waals surface area contributed by atoms with Gasteiger partial charge in [0, 0.05) is 32.6 Å². The van der Waals surface area contributed by atoms with Crippen molar-refractivity contribution in [1.29, 1.82) is 0 Å². The third kappa shape index (κ3) is 4.11. The normalized spacial score (nSPS) is 11.4. The van der Waals surface area contributed by atoms with Crippen molar-refractivity contribution < 1.29 is 8.42 Å². The molecule has 0 aliphatic heterocycles. The Bertz CT molecular complexity index is 775. The summed E-state index contributed by atoms with van der Waals surface area (Å²) in [5.74, 6) is 0. The summed E-state index contributed by atoms with van der Waals surface area (Å²) in [5.41, 5.74) is 2.67. The molecule has 0 aliphatic carbocycles. The van der Waals surface area contributed by atoms with Crippen molar-refractivity contribution in [3.63, 3.8) is 0 Å². The maximum atomic E-state index is 11.8. The van der Waals surface area contributed by atoms with Gasteiger partial charge in [0.2, 0.25) is 0 Å². The van der Waals surface area contributed by atoms with Crippen LogP contribution >= 0.6 is 34.2 Å². The SMILES string of the molecule is Cc1cc(I)ccc1NCc1c(Cl)cccc1S(C)(=O)=O. The van der Waals surface area contributed by atoms with Crippen molar-refractivity contribution in [2.24, 2.45) is 0 Å². The zero-order valence-electron chi connectivity index (χ0n) is 11.7. The summed E-state index contributed by atoms with van der Waals surface area (Å²) < 4.78 is 24.8. The predicted molar refractivity (Wildman–Crippen MR) is 95.8 cm³/mol. The molecule has 112 valence electrons. The van der Waals surface area contributed by atoms with Crippen LogP contribution in [0.2, 0.25) is 5.02 Å². The number of benzene rings is 2. The van der Waals surface area contributed by atoms with E-state index in [1.807, 2.05) is 19.1 Å². The standard InChI is InChI=1S/C15H15ClINO2S/c1-10-8-11(17)6-7-14(10)18-9-12-13(16)4-3-5-15(12)21(2,19)20/h3-8,18H,9H2,1-2H3. The van der Waals surface area contributed by atoms with Crippen molar-refractivity contribution in [3.05, 3.63) is 56.1 Å². The Balaban J connectivity index is 2.32. The van der Waals surface area contributed by atoms with Crippen LogP contribution in [0, 0.1) is 10.5 Å². The van der Waals surface area contributed by atoms with E-state index in [2.05, 4.69) is 34.0 Å². The van der Waals surface area contributed by atoms with Crippen molar-refractivity contribution >= 4 is 49.7 Å². The maximum absolute atomic E-state index is 11.8. The lowest BCUT2D eigenvalue weighted by molar-refractivity contribution is 0.601. The zero-order chi connectivity index (χ0) is 15.6. The molecule has 2 rings (SSSR count). The number of aryl methyl sites for hydroxylation is 1. The van der Waals surface area contributed by atoms with E-state index in [-0.39, 0.29) is 4.90 Å². The minimum Gasteiger partial charge on any atom is -0.381 e. The van der Waals surface area contributed by atoms with E-state index in [0.29, 0.717) is 17.1 Å². The molecule has 1 N–H and O–H groups in total. The van der Waals surface area contributed by atoms with Gasteiger partial charge in [-0.2, -0.15) is 0 Å². The molecule has 0 radical (unpaired) electrons. The molecule has 6 heteroatoms. The second kappa shape index (κ2) is 6.54. The number of hydrogen-bond donors (Lipinski definition) is 1. The highest BCUT2D eigenvalue weighted by molar-refractivity contribution is 14.1. The van der Waals surface area contributed by atoms with Gasteiger partial charge in [-0.25, -0.2) is 8.42 Å². The third-order valence-electron chi connectivity index (χ3n) is 3.12. The van der Waals surface area contributed by atoms with Crippen LogP contribution < -0.4 is 5.32 Å². The van der Waals surface area contributed by atoms with E-state index in [1.54, 1.807) is 18.2 Å². The lowest BCUT2D eigenvalue weighted by atomic mass is 10.1. The van der Waals surface area contributed by atoms with Gasteiger partial charge in [0.1, 0.15) is 0 Å². The molecule has 0 fully saturated rings. The van der Waals surface area contributed by atoms with E-state index in [1.165, 1.54) is 6.26 Å². The first kappa shape index (κ1) is 16.6. The summed E-state index contributed by atoms with van der Waals surface area (Å²) in [4.78, 5) is 0.269. The van der Waals surface area contributed by atoms with Gasteiger partial charge in [0.15, 0.2) is 9.84 Å². The number of halogens is 2. The van der Waals surface area contributed by atoms with Crippen molar-refractivity contribution in [3.8, 4) is 0 Å². The second-order valence-electron chi connectivity index (χ2n) is 4.80. The van der Waals surface area contributed by atoms with Crippen LogP contribution in [-0.2, 0) is 16.4 Å². The Kier molecular flexibility index (Phi) is 5.16. The van der Waals surface area contributed by atoms with Gasteiger partial charge in [-0.1, -0.05) is 17.7 Å². The van der Waals surface area contributed by atoms with E-state index in [4.69, 9.17) is 11.6 Å². The highest BCUT2D eigenvalue weighted by Gasteiger charge is 2.15. The average Bonchev–Trinajstić information content (AvgIpc) is 2.37. The zero-order valence-corrected chi connectivity index (χ0v) is 15.4. The lowest BCUT2D eigenvalue weighted by Crippen LogP contribution is -2.08. The predicted octanol–water partition coefficient (Wildman–Crippen LogP) is 4.27. The van der Waals surface area contributed by atoms with Crippen molar-refractivity contribution in [2.45, 2.75) is 18.4 Å². The fraction of sp³-hybridized carbons (Fsp3) is 0.200. The Labute approximate surface area is 143 Å². The van der Waals surface area contributed by atoms with Gasteiger partial charge in [-0.15, -0.1) is 0 Å². The quantitative estimate of drug-likeness (QED) is 0.730. The molecule has 0 bridgehead atoms.